The summed E-state index contributed by atoms with van der Waals surface area (Å²) in [6, 6.07) is 7.43. The lowest BCUT2D eigenvalue weighted by atomic mass is 10.1. The molecule has 2 N–H and O–H groups in total. The summed E-state index contributed by atoms with van der Waals surface area (Å²) < 4.78 is 27.7. The van der Waals surface area contributed by atoms with E-state index in [1.54, 1.807) is 7.05 Å². The third-order valence-corrected chi connectivity index (χ3v) is 4.27. The lowest BCUT2D eigenvalue weighted by molar-refractivity contribution is 0.305. The van der Waals surface area contributed by atoms with Gasteiger partial charge in [-0.2, -0.15) is 12.7 Å². The molecule has 0 radical (unpaired) electrons. The first-order valence-electron chi connectivity index (χ1n) is 6.89. The summed E-state index contributed by atoms with van der Waals surface area (Å²) in [4.78, 5) is 0. The Morgan fingerprint density at radius 2 is 2.14 bits per heavy atom. The fraction of sp³-hybridized carbons (Fsp3) is 0.467. The predicted molar refractivity (Wildman–Crippen MR) is 83.7 cm³/mol. The van der Waals surface area contributed by atoms with Gasteiger partial charge in [0.05, 0.1) is 6.61 Å². The lowest BCUT2D eigenvalue weighted by Gasteiger charge is -2.17. The van der Waals surface area contributed by atoms with Crippen LogP contribution in [0.15, 0.2) is 24.3 Å². The number of aliphatic hydroxyl groups excluding tert-OH is 1. The van der Waals surface area contributed by atoms with Gasteiger partial charge in [-0.15, -0.1) is 0 Å². The van der Waals surface area contributed by atoms with Gasteiger partial charge in [-0.25, -0.2) is 4.72 Å². The van der Waals surface area contributed by atoms with Crippen molar-refractivity contribution in [2.24, 2.45) is 0 Å². The number of rotatable bonds is 7. The molecule has 0 bridgehead atoms. The molecular weight excluding hydrogens is 288 g/mol. The minimum absolute atomic E-state index is 0.0385. The molecule has 0 fully saturated rings. The first-order valence-corrected chi connectivity index (χ1v) is 8.33. The summed E-state index contributed by atoms with van der Waals surface area (Å²) in [6.07, 6.45) is 1.18. The molecule has 0 aliphatic carbocycles. The summed E-state index contributed by atoms with van der Waals surface area (Å²) in [5, 5.41) is 8.70. The maximum absolute atomic E-state index is 11.9. The maximum atomic E-state index is 11.9. The lowest BCUT2D eigenvalue weighted by Crippen LogP contribution is -2.38. The largest absolute Gasteiger partial charge is 0.395 e. The van der Waals surface area contributed by atoms with Crippen molar-refractivity contribution in [3.8, 4) is 11.8 Å². The Bertz CT molecular complexity index is 603. The van der Waals surface area contributed by atoms with Crippen LogP contribution < -0.4 is 4.72 Å². The molecule has 0 spiro atoms. The van der Waals surface area contributed by atoms with Crippen LogP contribution in [0.25, 0.3) is 0 Å². The number of hydrogen-bond donors (Lipinski definition) is 2. The highest BCUT2D eigenvalue weighted by molar-refractivity contribution is 7.87. The van der Waals surface area contributed by atoms with Crippen molar-refractivity contribution >= 4 is 10.2 Å². The zero-order chi connectivity index (χ0) is 15.7. The minimum atomic E-state index is -3.44. The van der Waals surface area contributed by atoms with Crippen LogP contribution in [0.5, 0.6) is 0 Å². The van der Waals surface area contributed by atoms with Gasteiger partial charge in [0.1, 0.15) is 0 Å². The number of nitrogens with zero attached hydrogens (tertiary/aromatic N) is 1. The Balaban J connectivity index is 2.75. The van der Waals surface area contributed by atoms with Crippen LogP contribution in [0, 0.1) is 11.8 Å². The van der Waals surface area contributed by atoms with Crippen molar-refractivity contribution in [3.05, 3.63) is 35.4 Å². The zero-order valence-corrected chi connectivity index (χ0v) is 13.3. The van der Waals surface area contributed by atoms with E-state index in [-0.39, 0.29) is 13.2 Å². The third kappa shape index (κ3) is 6.27. The first kappa shape index (κ1) is 17.7. The van der Waals surface area contributed by atoms with E-state index in [0.29, 0.717) is 13.0 Å². The van der Waals surface area contributed by atoms with E-state index in [9.17, 15) is 8.42 Å². The van der Waals surface area contributed by atoms with Crippen molar-refractivity contribution < 1.29 is 13.5 Å². The summed E-state index contributed by atoms with van der Waals surface area (Å²) in [7, 11) is -1.90. The van der Waals surface area contributed by atoms with Crippen LogP contribution in [0.1, 0.15) is 30.9 Å². The Kier molecular flexibility index (Phi) is 7.40. The van der Waals surface area contributed by atoms with Gasteiger partial charge in [-0.3, -0.25) is 0 Å². The molecule has 21 heavy (non-hydrogen) atoms. The molecule has 6 heteroatoms. The number of hydrogen-bond acceptors (Lipinski definition) is 3. The molecule has 5 nitrogen and oxygen atoms in total. The van der Waals surface area contributed by atoms with Gasteiger partial charge in [-0.05, 0) is 24.1 Å². The van der Waals surface area contributed by atoms with E-state index < -0.39 is 10.2 Å². The Hall–Kier alpha value is -1.39. The second-order valence-electron chi connectivity index (χ2n) is 4.63. The van der Waals surface area contributed by atoms with E-state index in [0.717, 1.165) is 17.5 Å². The molecule has 0 amide bonds. The van der Waals surface area contributed by atoms with Gasteiger partial charge in [0.2, 0.25) is 0 Å². The first-order chi connectivity index (χ1) is 9.99. The maximum Gasteiger partial charge on any atom is 0.279 e. The average molecular weight is 310 g/mol. The van der Waals surface area contributed by atoms with Crippen molar-refractivity contribution in [1.82, 2.24) is 9.03 Å². The standard InChI is InChI=1S/C15H22N2O3S/c1-3-10-16-21(19,20)17(2)13-15-9-6-8-14(12-15)7-4-5-11-18/h6,8-9,12,16,18H,3,5,10-11,13H2,1-2H3. The Morgan fingerprint density at radius 1 is 1.38 bits per heavy atom. The van der Waals surface area contributed by atoms with Crippen LogP contribution in [-0.2, 0) is 16.8 Å². The highest BCUT2D eigenvalue weighted by Gasteiger charge is 2.16. The molecule has 0 heterocycles. The highest BCUT2D eigenvalue weighted by Crippen LogP contribution is 2.09. The van der Waals surface area contributed by atoms with Crippen LogP contribution in [0.2, 0.25) is 0 Å². The van der Waals surface area contributed by atoms with E-state index in [4.69, 9.17) is 5.11 Å². The summed E-state index contributed by atoms with van der Waals surface area (Å²) in [6.45, 7) is 2.67. The molecule has 1 rings (SSSR count). The van der Waals surface area contributed by atoms with Crippen LogP contribution in [-0.4, -0.2) is 38.0 Å². The Morgan fingerprint density at radius 3 is 2.81 bits per heavy atom. The highest BCUT2D eigenvalue weighted by atomic mass is 32.2. The number of nitrogens with one attached hydrogen (secondary N) is 1. The average Bonchev–Trinajstić information content (AvgIpc) is 2.46. The van der Waals surface area contributed by atoms with E-state index in [1.165, 1.54) is 4.31 Å². The van der Waals surface area contributed by atoms with E-state index >= 15 is 0 Å². The summed E-state index contributed by atoms with van der Waals surface area (Å²) in [5.74, 6) is 5.78. The summed E-state index contributed by atoms with van der Waals surface area (Å²) in [5.41, 5.74) is 1.68. The molecule has 0 aliphatic heterocycles. The van der Waals surface area contributed by atoms with Gasteiger partial charge in [0, 0.05) is 32.1 Å². The molecule has 1 aromatic rings. The summed E-state index contributed by atoms with van der Waals surface area (Å²) >= 11 is 0. The third-order valence-electron chi connectivity index (χ3n) is 2.75. The monoisotopic (exact) mass is 310 g/mol. The molecule has 0 saturated heterocycles. The quantitative estimate of drug-likeness (QED) is 0.741. The fourth-order valence-electron chi connectivity index (χ4n) is 1.65. The molecule has 0 unspecified atom stereocenters. The van der Waals surface area contributed by atoms with Gasteiger partial charge < -0.3 is 5.11 Å². The Labute approximate surface area is 127 Å². The molecule has 116 valence electrons. The van der Waals surface area contributed by atoms with E-state index in [1.807, 2.05) is 31.2 Å². The molecule has 0 saturated carbocycles. The van der Waals surface area contributed by atoms with Gasteiger partial charge in [0.15, 0.2) is 0 Å². The second kappa shape index (κ2) is 8.80. The van der Waals surface area contributed by atoms with Gasteiger partial charge in [-0.1, -0.05) is 30.9 Å². The predicted octanol–water partition coefficient (Wildman–Crippen LogP) is 1.10. The zero-order valence-electron chi connectivity index (χ0n) is 12.5. The topological polar surface area (TPSA) is 69.6 Å². The number of benzene rings is 1. The molecular formula is C15H22N2O3S. The fourth-order valence-corrected chi connectivity index (χ4v) is 2.65. The SMILES string of the molecule is CCCNS(=O)(=O)N(C)Cc1cccc(C#CCCO)c1. The molecule has 0 aromatic heterocycles. The van der Waals surface area contributed by atoms with Crippen LogP contribution in [0.3, 0.4) is 0 Å². The smallest absolute Gasteiger partial charge is 0.279 e. The van der Waals surface area contributed by atoms with Gasteiger partial charge >= 0.3 is 0 Å². The minimum Gasteiger partial charge on any atom is -0.395 e. The van der Waals surface area contributed by atoms with Gasteiger partial charge in [0.25, 0.3) is 10.2 Å². The van der Waals surface area contributed by atoms with Crippen LogP contribution >= 0.6 is 0 Å². The number of aliphatic hydroxyl groups is 1. The van der Waals surface area contributed by atoms with Crippen LogP contribution in [0.4, 0.5) is 0 Å². The van der Waals surface area contributed by atoms with Crippen molar-refractivity contribution in [2.75, 3.05) is 20.2 Å². The van der Waals surface area contributed by atoms with Crippen molar-refractivity contribution in [1.29, 1.82) is 0 Å². The molecule has 1 aromatic carbocycles. The van der Waals surface area contributed by atoms with Crippen molar-refractivity contribution in [2.45, 2.75) is 26.3 Å². The second-order valence-corrected chi connectivity index (χ2v) is 6.49. The normalized spacial score (nSPS) is 11.2. The molecule has 0 atom stereocenters. The van der Waals surface area contributed by atoms with Crippen molar-refractivity contribution in [3.63, 3.8) is 0 Å². The van der Waals surface area contributed by atoms with E-state index in [2.05, 4.69) is 16.6 Å². The molecule has 0 aliphatic rings.